The zero-order chi connectivity index (χ0) is 25.9. The monoisotopic (exact) mass is 512 g/mol. The molecule has 1 saturated heterocycles. The molecule has 9 nitrogen and oxygen atoms in total. The van der Waals surface area contributed by atoms with E-state index in [9.17, 15) is 4.79 Å². The minimum atomic E-state index is -0.0627. The lowest BCUT2D eigenvalue weighted by molar-refractivity contribution is 0.170. The van der Waals surface area contributed by atoms with Gasteiger partial charge in [-0.2, -0.15) is 0 Å². The number of nitrogens with zero attached hydrogens (tertiary/aromatic N) is 5. The van der Waals surface area contributed by atoms with Crippen molar-refractivity contribution in [3.05, 3.63) is 76.7 Å². The van der Waals surface area contributed by atoms with E-state index in [2.05, 4.69) is 44.2 Å². The highest BCUT2D eigenvalue weighted by Crippen LogP contribution is 2.30. The maximum Gasteiger partial charge on any atom is 0.269 e. The summed E-state index contributed by atoms with van der Waals surface area (Å²) in [4.78, 5) is 28.5. The lowest BCUT2D eigenvalue weighted by atomic mass is 10.0. The predicted molar refractivity (Wildman–Crippen MR) is 145 cm³/mol. The molecule has 0 saturated carbocycles. The first-order chi connectivity index (χ1) is 18.6. The SMILES string of the molecule is Cc1cc(-c2ccncc2)c2ncc(=O)n(CCN3CCC(NCc4cc5c(cn4)OCCO5)CC3)c2c1. The molecule has 5 heterocycles. The third kappa shape index (κ3) is 5.25. The molecule has 9 heteroatoms. The Morgan fingerprint density at radius 2 is 1.76 bits per heavy atom. The van der Waals surface area contributed by atoms with Crippen LogP contribution in [0.25, 0.3) is 22.2 Å². The van der Waals surface area contributed by atoms with Crippen molar-refractivity contribution in [3.63, 3.8) is 0 Å². The summed E-state index contributed by atoms with van der Waals surface area (Å²) in [6.07, 6.45) is 8.88. The Balaban J connectivity index is 1.08. The molecule has 1 fully saturated rings. The third-order valence-electron chi connectivity index (χ3n) is 7.37. The van der Waals surface area contributed by atoms with Gasteiger partial charge in [-0.1, -0.05) is 0 Å². The number of rotatable bonds is 7. The molecule has 6 rings (SSSR count). The summed E-state index contributed by atoms with van der Waals surface area (Å²) in [5.41, 5.74) is 5.80. The second kappa shape index (κ2) is 10.9. The second-order valence-corrected chi connectivity index (χ2v) is 9.98. The molecule has 3 aromatic heterocycles. The van der Waals surface area contributed by atoms with Gasteiger partial charge < -0.3 is 24.3 Å². The number of nitrogens with one attached hydrogen (secondary N) is 1. The summed E-state index contributed by atoms with van der Waals surface area (Å²) < 4.78 is 13.1. The van der Waals surface area contributed by atoms with E-state index in [1.54, 1.807) is 18.6 Å². The van der Waals surface area contributed by atoms with Gasteiger partial charge in [0.1, 0.15) is 13.2 Å². The van der Waals surface area contributed by atoms with Crippen molar-refractivity contribution in [2.75, 3.05) is 32.8 Å². The van der Waals surface area contributed by atoms with Crippen molar-refractivity contribution < 1.29 is 9.47 Å². The third-order valence-corrected chi connectivity index (χ3v) is 7.37. The molecule has 1 N–H and O–H groups in total. The largest absolute Gasteiger partial charge is 0.486 e. The summed E-state index contributed by atoms with van der Waals surface area (Å²) in [5, 5.41) is 3.65. The van der Waals surface area contributed by atoms with Crippen LogP contribution in [0.5, 0.6) is 11.5 Å². The number of aromatic nitrogens is 4. The molecule has 0 amide bonds. The molecule has 2 aliphatic heterocycles. The summed E-state index contributed by atoms with van der Waals surface area (Å²) >= 11 is 0. The van der Waals surface area contributed by atoms with E-state index >= 15 is 0 Å². The summed E-state index contributed by atoms with van der Waals surface area (Å²) in [6, 6.07) is 10.6. The molecule has 0 aliphatic carbocycles. The number of aryl methyl sites for hydroxylation is 1. The molecule has 38 heavy (non-hydrogen) atoms. The average Bonchev–Trinajstić information content (AvgIpc) is 2.96. The number of hydrogen-bond acceptors (Lipinski definition) is 8. The number of fused-ring (bicyclic) bond motifs is 2. The van der Waals surface area contributed by atoms with Crippen LogP contribution in [0, 0.1) is 6.92 Å². The van der Waals surface area contributed by atoms with Gasteiger partial charge in [-0.25, -0.2) is 4.98 Å². The lowest BCUT2D eigenvalue weighted by Gasteiger charge is -2.32. The Morgan fingerprint density at radius 3 is 2.58 bits per heavy atom. The first-order valence-electron chi connectivity index (χ1n) is 13.2. The van der Waals surface area contributed by atoms with Crippen LogP contribution in [-0.2, 0) is 13.1 Å². The highest BCUT2D eigenvalue weighted by atomic mass is 16.6. The highest BCUT2D eigenvalue weighted by molar-refractivity contribution is 5.92. The quantitative estimate of drug-likeness (QED) is 0.404. The highest BCUT2D eigenvalue weighted by Gasteiger charge is 2.20. The Hall–Kier alpha value is -3.82. The number of benzene rings is 1. The van der Waals surface area contributed by atoms with Crippen LogP contribution in [-0.4, -0.2) is 63.3 Å². The van der Waals surface area contributed by atoms with E-state index < -0.39 is 0 Å². The summed E-state index contributed by atoms with van der Waals surface area (Å²) in [6.45, 7) is 7.36. The van der Waals surface area contributed by atoms with Crippen molar-refractivity contribution in [1.29, 1.82) is 0 Å². The topological polar surface area (TPSA) is 94.4 Å². The number of ether oxygens (including phenoxy) is 2. The van der Waals surface area contributed by atoms with E-state index in [0.717, 1.165) is 77.4 Å². The number of piperidine rings is 1. The van der Waals surface area contributed by atoms with Crippen LogP contribution < -0.4 is 20.3 Å². The Morgan fingerprint density at radius 1 is 0.974 bits per heavy atom. The Bertz CT molecular complexity index is 1480. The van der Waals surface area contributed by atoms with Gasteiger partial charge in [0.05, 0.1) is 29.1 Å². The van der Waals surface area contributed by atoms with Gasteiger partial charge in [0, 0.05) is 49.7 Å². The Labute approximate surface area is 221 Å². The fourth-order valence-electron chi connectivity index (χ4n) is 5.33. The Kier molecular flexibility index (Phi) is 7.02. The van der Waals surface area contributed by atoms with Gasteiger partial charge in [0.25, 0.3) is 5.56 Å². The van der Waals surface area contributed by atoms with Gasteiger partial charge in [0.2, 0.25) is 0 Å². The van der Waals surface area contributed by atoms with Crippen LogP contribution in [0.4, 0.5) is 0 Å². The molecule has 0 spiro atoms. The lowest BCUT2D eigenvalue weighted by Crippen LogP contribution is -2.43. The zero-order valence-corrected chi connectivity index (χ0v) is 21.6. The van der Waals surface area contributed by atoms with E-state index in [1.807, 2.05) is 22.8 Å². The zero-order valence-electron chi connectivity index (χ0n) is 21.6. The number of likely N-dealkylation sites (tertiary alicyclic amines) is 1. The van der Waals surface area contributed by atoms with E-state index in [1.165, 1.54) is 6.20 Å². The molecule has 0 bridgehead atoms. The maximum absolute atomic E-state index is 12.9. The van der Waals surface area contributed by atoms with Crippen LogP contribution in [0.3, 0.4) is 0 Å². The number of pyridine rings is 2. The van der Waals surface area contributed by atoms with Gasteiger partial charge >= 0.3 is 0 Å². The predicted octanol–water partition coefficient (Wildman–Crippen LogP) is 3.19. The fourth-order valence-corrected chi connectivity index (χ4v) is 5.33. The molecular formula is C29H32N6O3. The summed E-state index contributed by atoms with van der Waals surface area (Å²) in [7, 11) is 0. The minimum absolute atomic E-state index is 0.0627. The normalized spacial score (nSPS) is 16.1. The van der Waals surface area contributed by atoms with Crippen molar-refractivity contribution in [1.82, 2.24) is 29.7 Å². The minimum Gasteiger partial charge on any atom is -0.486 e. The maximum atomic E-state index is 12.9. The molecule has 0 unspecified atom stereocenters. The standard InChI is InChI=1S/C29H32N6O3/c1-20-14-24(21-2-6-30-7-3-21)29-25(15-20)35(28(36)19-33-29)11-10-34-8-4-22(5-9-34)31-17-23-16-26-27(18-32-23)38-13-12-37-26/h2-3,6-7,14-16,18-19,22,31H,4-5,8-13,17H2,1H3. The molecule has 2 aliphatic rings. The van der Waals surface area contributed by atoms with Crippen molar-refractivity contribution in [3.8, 4) is 22.6 Å². The van der Waals surface area contributed by atoms with Crippen LogP contribution in [0.15, 0.2) is 59.9 Å². The van der Waals surface area contributed by atoms with Gasteiger partial charge in [-0.15, -0.1) is 0 Å². The van der Waals surface area contributed by atoms with Gasteiger partial charge in [-0.05, 0) is 68.2 Å². The van der Waals surface area contributed by atoms with E-state index in [0.29, 0.717) is 32.3 Å². The molecule has 0 atom stereocenters. The van der Waals surface area contributed by atoms with Crippen molar-refractivity contribution in [2.45, 2.75) is 38.9 Å². The molecule has 4 aromatic rings. The van der Waals surface area contributed by atoms with Crippen LogP contribution in [0.2, 0.25) is 0 Å². The molecular weight excluding hydrogens is 480 g/mol. The van der Waals surface area contributed by atoms with Gasteiger partial charge in [0.15, 0.2) is 11.5 Å². The molecule has 1 aromatic carbocycles. The summed E-state index contributed by atoms with van der Waals surface area (Å²) in [5.74, 6) is 1.50. The van der Waals surface area contributed by atoms with Gasteiger partial charge in [-0.3, -0.25) is 14.8 Å². The van der Waals surface area contributed by atoms with Crippen molar-refractivity contribution in [2.24, 2.45) is 0 Å². The van der Waals surface area contributed by atoms with E-state index in [-0.39, 0.29) is 5.56 Å². The van der Waals surface area contributed by atoms with Crippen molar-refractivity contribution >= 4 is 11.0 Å². The second-order valence-electron chi connectivity index (χ2n) is 9.98. The van der Waals surface area contributed by atoms with Crippen LogP contribution >= 0.6 is 0 Å². The van der Waals surface area contributed by atoms with Crippen LogP contribution in [0.1, 0.15) is 24.1 Å². The molecule has 196 valence electrons. The molecule has 0 radical (unpaired) electrons. The fraction of sp³-hybridized carbons (Fsp3) is 0.379. The van der Waals surface area contributed by atoms with E-state index in [4.69, 9.17) is 9.47 Å². The number of hydrogen-bond donors (Lipinski definition) is 1. The smallest absolute Gasteiger partial charge is 0.269 e. The average molecular weight is 513 g/mol. The first-order valence-corrected chi connectivity index (χ1v) is 13.2. The first kappa shape index (κ1) is 24.5.